The molecule has 0 heterocycles. The van der Waals surface area contributed by atoms with Crippen LogP contribution < -0.4 is 15.4 Å². The van der Waals surface area contributed by atoms with Crippen LogP contribution >= 0.6 is 0 Å². The molecule has 1 rings (SSSR count). The van der Waals surface area contributed by atoms with Crippen molar-refractivity contribution in [3.8, 4) is 11.5 Å². The number of nitrogens with one attached hydrogen (secondary N) is 2. The van der Waals surface area contributed by atoms with Gasteiger partial charge in [0, 0.05) is 18.7 Å². The second-order valence-corrected chi connectivity index (χ2v) is 6.01. The standard InChI is InChI=1S/C18H31N3O2/c1-5-19-18(20-11-7-6-8-14(2)3)21-13-15-12-16(23-4)9-10-17(15)22/h9-10,12,14,22H,5-8,11,13H2,1-4H3,(H2,19,20,21). The van der Waals surface area contributed by atoms with Crippen molar-refractivity contribution in [2.24, 2.45) is 10.9 Å². The number of phenolic OH excluding ortho intramolecular Hbond substituents is 1. The third-order valence-corrected chi connectivity index (χ3v) is 3.54. The Balaban J connectivity index is 2.54. The summed E-state index contributed by atoms with van der Waals surface area (Å²) in [6, 6.07) is 5.18. The molecule has 1 aromatic rings. The fourth-order valence-corrected chi connectivity index (χ4v) is 2.21. The first kappa shape index (κ1) is 19.1. The minimum Gasteiger partial charge on any atom is -0.508 e. The van der Waals surface area contributed by atoms with Gasteiger partial charge in [0.2, 0.25) is 0 Å². The zero-order chi connectivity index (χ0) is 17.1. The average molecular weight is 321 g/mol. The molecule has 23 heavy (non-hydrogen) atoms. The van der Waals surface area contributed by atoms with Gasteiger partial charge < -0.3 is 20.5 Å². The number of nitrogens with zero attached hydrogens (tertiary/aromatic N) is 1. The smallest absolute Gasteiger partial charge is 0.191 e. The normalized spacial score (nSPS) is 11.6. The van der Waals surface area contributed by atoms with E-state index in [0.29, 0.717) is 6.54 Å². The van der Waals surface area contributed by atoms with Crippen molar-refractivity contribution in [3.63, 3.8) is 0 Å². The lowest BCUT2D eigenvalue weighted by Crippen LogP contribution is -2.37. The van der Waals surface area contributed by atoms with E-state index in [1.54, 1.807) is 19.2 Å². The summed E-state index contributed by atoms with van der Waals surface area (Å²) in [7, 11) is 1.61. The van der Waals surface area contributed by atoms with Gasteiger partial charge in [-0.05, 0) is 37.5 Å². The maximum Gasteiger partial charge on any atom is 0.191 e. The molecule has 0 fully saturated rings. The lowest BCUT2D eigenvalue weighted by molar-refractivity contribution is 0.411. The maximum atomic E-state index is 9.91. The number of aromatic hydroxyl groups is 1. The summed E-state index contributed by atoms with van der Waals surface area (Å²) < 4.78 is 5.18. The van der Waals surface area contributed by atoms with Gasteiger partial charge in [0.1, 0.15) is 11.5 Å². The number of hydrogen-bond donors (Lipinski definition) is 3. The highest BCUT2D eigenvalue weighted by Gasteiger charge is 2.04. The lowest BCUT2D eigenvalue weighted by Gasteiger charge is -2.12. The lowest BCUT2D eigenvalue weighted by atomic mass is 10.1. The molecule has 0 aliphatic heterocycles. The Bertz CT molecular complexity index is 487. The Kier molecular flexibility index (Phi) is 8.95. The topological polar surface area (TPSA) is 65.9 Å². The van der Waals surface area contributed by atoms with Gasteiger partial charge in [-0.2, -0.15) is 0 Å². The molecule has 0 spiro atoms. The van der Waals surface area contributed by atoms with E-state index in [-0.39, 0.29) is 5.75 Å². The minimum absolute atomic E-state index is 0.238. The van der Waals surface area contributed by atoms with E-state index >= 15 is 0 Å². The van der Waals surface area contributed by atoms with E-state index in [1.807, 2.05) is 13.0 Å². The number of methoxy groups -OCH3 is 1. The van der Waals surface area contributed by atoms with Crippen molar-refractivity contribution in [1.82, 2.24) is 10.6 Å². The van der Waals surface area contributed by atoms with Gasteiger partial charge in [0.15, 0.2) is 5.96 Å². The quantitative estimate of drug-likeness (QED) is 0.371. The molecule has 0 radical (unpaired) electrons. The first-order chi connectivity index (χ1) is 11.1. The predicted molar refractivity (Wildman–Crippen MR) is 96.2 cm³/mol. The zero-order valence-electron chi connectivity index (χ0n) is 14.9. The Morgan fingerprint density at radius 3 is 2.70 bits per heavy atom. The van der Waals surface area contributed by atoms with Gasteiger partial charge in [0.25, 0.3) is 0 Å². The number of unbranched alkanes of at least 4 members (excludes halogenated alkanes) is 1. The zero-order valence-corrected chi connectivity index (χ0v) is 14.9. The summed E-state index contributed by atoms with van der Waals surface area (Å²) in [6.07, 6.45) is 3.61. The summed E-state index contributed by atoms with van der Waals surface area (Å²) in [5.74, 6) is 2.49. The van der Waals surface area contributed by atoms with Crippen molar-refractivity contribution in [3.05, 3.63) is 23.8 Å². The number of aliphatic imine (C=N–C) groups is 1. The third-order valence-electron chi connectivity index (χ3n) is 3.54. The Labute approximate surface area is 140 Å². The van der Waals surface area contributed by atoms with E-state index in [1.165, 1.54) is 12.8 Å². The molecule has 0 unspecified atom stereocenters. The van der Waals surface area contributed by atoms with Crippen LogP contribution in [0.5, 0.6) is 11.5 Å². The Morgan fingerprint density at radius 2 is 2.04 bits per heavy atom. The predicted octanol–water partition coefficient (Wildman–Crippen LogP) is 3.28. The van der Waals surface area contributed by atoms with Gasteiger partial charge in [-0.3, -0.25) is 0 Å². The molecule has 3 N–H and O–H groups in total. The van der Waals surface area contributed by atoms with Crippen LogP contribution in [0.3, 0.4) is 0 Å². The molecule has 130 valence electrons. The first-order valence-electron chi connectivity index (χ1n) is 8.44. The molecule has 0 saturated heterocycles. The highest BCUT2D eigenvalue weighted by Crippen LogP contribution is 2.23. The Morgan fingerprint density at radius 1 is 1.26 bits per heavy atom. The summed E-state index contributed by atoms with van der Waals surface area (Å²) in [5.41, 5.74) is 0.751. The van der Waals surface area contributed by atoms with Crippen molar-refractivity contribution in [1.29, 1.82) is 0 Å². The van der Waals surface area contributed by atoms with E-state index in [0.717, 1.165) is 42.7 Å². The van der Waals surface area contributed by atoms with Crippen molar-refractivity contribution in [2.75, 3.05) is 20.2 Å². The van der Waals surface area contributed by atoms with Gasteiger partial charge in [-0.25, -0.2) is 4.99 Å². The van der Waals surface area contributed by atoms with E-state index in [2.05, 4.69) is 29.5 Å². The van der Waals surface area contributed by atoms with Crippen LogP contribution in [-0.4, -0.2) is 31.3 Å². The minimum atomic E-state index is 0.238. The number of benzene rings is 1. The molecule has 0 aromatic heterocycles. The molecule has 5 nitrogen and oxygen atoms in total. The average Bonchev–Trinajstić information content (AvgIpc) is 2.53. The molecule has 0 atom stereocenters. The largest absolute Gasteiger partial charge is 0.508 e. The molecular weight excluding hydrogens is 290 g/mol. The SMILES string of the molecule is CCNC(=NCc1cc(OC)ccc1O)NCCCCC(C)C. The van der Waals surface area contributed by atoms with Gasteiger partial charge in [-0.1, -0.05) is 26.7 Å². The number of guanidine groups is 1. The van der Waals surface area contributed by atoms with Gasteiger partial charge in [-0.15, -0.1) is 0 Å². The second kappa shape index (κ2) is 10.8. The van der Waals surface area contributed by atoms with Crippen LogP contribution in [0.25, 0.3) is 0 Å². The highest BCUT2D eigenvalue weighted by atomic mass is 16.5. The van der Waals surface area contributed by atoms with E-state index in [9.17, 15) is 5.11 Å². The number of ether oxygens (including phenoxy) is 1. The Hall–Kier alpha value is -1.91. The first-order valence-corrected chi connectivity index (χ1v) is 8.44. The molecule has 5 heteroatoms. The summed E-state index contributed by atoms with van der Waals surface area (Å²) in [6.45, 7) is 8.66. The molecule has 0 aliphatic carbocycles. The van der Waals surface area contributed by atoms with Crippen molar-refractivity contribution < 1.29 is 9.84 Å². The summed E-state index contributed by atoms with van der Waals surface area (Å²) >= 11 is 0. The van der Waals surface area contributed by atoms with E-state index < -0.39 is 0 Å². The van der Waals surface area contributed by atoms with Crippen LogP contribution in [0.4, 0.5) is 0 Å². The van der Waals surface area contributed by atoms with Crippen LogP contribution in [-0.2, 0) is 6.54 Å². The third kappa shape index (κ3) is 7.77. The molecule has 0 aliphatic rings. The van der Waals surface area contributed by atoms with Crippen LogP contribution in [0.1, 0.15) is 45.6 Å². The highest BCUT2D eigenvalue weighted by molar-refractivity contribution is 5.79. The molecule has 0 amide bonds. The van der Waals surface area contributed by atoms with Crippen LogP contribution in [0, 0.1) is 5.92 Å². The van der Waals surface area contributed by atoms with Crippen LogP contribution in [0.15, 0.2) is 23.2 Å². The molecule has 0 saturated carbocycles. The van der Waals surface area contributed by atoms with E-state index in [4.69, 9.17) is 4.74 Å². The van der Waals surface area contributed by atoms with Crippen molar-refractivity contribution >= 4 is 5.96 Å². The number of hydrogen-bond acceptors (Lipinski definition) is 3. The number of rotatable bonds is 9. The molecule has 0 bridgehead atoms. The van der Waals surface area contributed by atoms with Crippen molar-refractivity contribution in [2.45, 2.75) is 46.6 Å². The number of phenols is 1. The second-order valence-electron chi connectivity index (χ2n) is 6.01. The van der Waals surface area contributed by atoms with Crippen LogP contribution in [0.2, 0.25) is 0 Å². The fraction of sp³-hybridized carbons (Fsp3) is 0.611. The fourth-order valence-electron chi connectivity index (χ4n) is 2.21. The summed E-state index contributed by atoms with van der Waals surface area (Å²) in [4.78, 5) is 4.53. The monoisotopic (exact) mass is 321 g/mol. The molecule has 1 aromatic carbocycles. The molecular formula is C18H31N3O2. The van der Waals surface area contributed by atoms with Gasteiger partial charge in [0.05, 0.1) is 13.7 Å². The maximum absolute atomic E-state index is 9.91. The van der Waals surface area contributed by atoms with Gasteiger partial charge >= 0.3 is 0 Å². The summed E-state index contributed by atoms with van der Waals surface area (Å²) in [5, 5.41) is 16.5.